The summed E-state index contributed by atoms with van der Waals surface area (Å²) in [7, 11) is 1.50. The second-order valence-electron chi connectivity index (χ2n) is 8.77. The van der Waals surface area contributed by atoms with Crippen LogP contribution in [0.3, 0.4) is 0 Å². The Hall–Kier alpha value is -3.68. The van der Waals surface area contributed by atoms with Crippen molar-refractivity contribution in [2.24, 2.45) is 5.92 Å². The number of carbonyl (C=O) groups is 1. The van der Waals surface area contributed by atoms with Crippen LogP contribution >= 0.6 is 11.3 Å². The van der Waals surface area contributed by atoms with Gasteiger partial charge < -0.3 is 19.3 Å². The highest BCUT2D eigenvalue weighted by molar-refractivity contribution is 7.19. The Morgan fingerprint density at radius 3 is 2.75 bits per heavy atom. The van der Waals surface area contributed by atoms with E-state index in [1.165, 1.54) is 26.0 Å². The number of methoxy groups -OCH3 is 1. The lowest BCUT2D eigenvalue weighted by atomic mass is 10.1. The lowest BCUT2D eigenvalue weighted by molar-refractivity contribution is 0.0128. The Labute approximate surface area is 213 Å². The largest absolute Gasteiger partial charge is 0.497 e. The van der Waals surface area contributed by atoms with Gasteiger partial charge in [-0.1, -0.05) is 36.4 Å². The van der Waals surface area contributed by atoms with Gasteiger partial charge in [-0.3, -0.25) is 0 Å². The molecule has 5 rings (SSSR count). The lowest BCUT2D eigenvalue weighted by Gasteiger charge is -2.20. The molecule has 1 saturated carbocycles. The predicted molar refractivity (Wildman–Crippen MR) is 142 cm³/mol. The second kappa shape index (κ2) is 10.9. The van der Waals surface area contributed by atoms with Gasteiger partial charge in [0.15, 0.2) is 0 Å². The van der Waals surface area contributed by atoms with Crippen molar-refractivity contribution in [1.82, 2.24) is 4.98 Å². The molecular formula is C29H27NO5S. The predicted octanol–water partition coefficient (Wildman–Crippen LogP) is 6.72. The average Bonchev–Trinajstić information content (AvgIpc) is 3.64. The molecule has 36 heavy (non-hydrogen) atoms. The van der Waals surface area contributed by atoms with Crippen molar-refractivity contribution >= 4 is 39.7 Å². The molecule has 0 radical (unpaired) electrons. The molecule has 0 amide bonds. The second-order valence-corrected chi connectivity index (χ2v) is 9.83. The van der Waals surface area contributed by atoms with Gasteiger partial charge in [-0.15, -0.1) is 11.3 Å². The zero-order chi connectivity index (χ0) is 24.9. The highest BCUT2D eigenvalue weighted by Gasteiger charge is 2.25. The first-order valence-corrected chi connectivity index (χ1v) is 12.7. The summed E-state index contributed by atoms with van der Waals surface area (Å²) >= 11 is 1.66. The number of para-hydroxylation sites is 1. The van der Waals surface area contributed by atoms with Crippen LogP contribution in [0.25, 0.3) is 22.4 Å². The third kappa shape index (κ3) is 5.93. The zero-order valence-electron chi connectivity index (χ0n) is 19.9. The maximum Gasteiger partial charge on any atom is 0.339 e. The molecule has 1 aromatic heterocycles. The lowest BCUT2D eigenvalue weighted by Crippen LogP contribution is -2.16. The molecule has 1 unspecified atom stereocenters. The summed E-state index contributed by atoms with van der Waals surface area (Å²) in [5.74, 6) is 0.274. The molecule has 6 nitrogen and oxygen atoms in total. The van der Waals surface area contributed by atoms with E-state index in [-0.39, 0.29) is 24.0 Å². The van der Waals surface area contributed by atoms with Crippen LogP contribution in [0.15, 0.2) is 66.7 Å². The van der Waals surface area contributed by atoms with Crippen LogP contribution in [0.2, 0.25) is 0 Å². The molecule has 1 fully saturated rings. The van der Waals surface area contributed by atoms with Gasteiger partial charge >= 0.3 is 5.97 Å². The van der Waals surface area contributed by atoms with Crippen molar-refractivity contribution < 1.29 is 24.1 Å². The van der Waals surface area contributed by atoms with Gasteiger partial charge in [-0.2, -0.15) is 0 Å². The van der Waals surface area contributed by atoms with E-state index in [4.69, 9.17) is 14.2 Å². The minimum absolute atomic E-state index is 0.0582. The smallest absolute Gasteiger partial charge is 0.339 e. The summed E-state index contributed by atoms with van der Waals surface area (Å²) in [5.41, 5.74) is 3.07. The molecule has 0 spiro atoms. The Bertz CT molecular complexity index is 1360. The van der Waals surface area contributed by atoms with E-state index >= 15 is 0 Å². The van der Waals surface area contributed by atoms with Crippen LogP contribution in [0.1, 0.15) is 45.4 Å². The number of ether oxygens (including phenoxy) is 3. The van der Waals surface area contributed by atoms with Crippen LogP contribution < -0.4 is 9.47 Å². The standard InChI is InChI=1S/C29H27NO5S/c1-33-22-12-13-25(23(16-22)29(31)32)35-18-26(34-17-20-9-10-20)21-6-4-5-19(15-21)11-14-28-30-24-7-2-3-8-27(24)36-28/h2-8,11-16,20,26H,9-10,17-18H2,1H3,(H,31,32)/b14-11+. The van der Waals surface area contributed by atoms with Crippen molar-refractivity contribution in [3.05, 3.63) is 88.4 Å². The number of carboxylic acid groups (broad SMARTS) is 1. The zero-order valence-corrected chi connectivity index (χ0v) is 20.7. The molecule has 1 heterocycles. The first kappa shape index (κ1) is 24.0. The van der Waals surface area contributed by atoms with Crippen molar-refractivity contribution in [2.45, 2.75) is 18.9 Å². The number of aromatic carboxylic acids is 1. The molecule has 3 aromatic carbocycles. The highest BCUT2D eigenvalue weighted by atomic mass is 32.1. The fourth-order valence-corrected chi connectivity index (χ4v) is 4.73. The molecule has 1 aliphatic carbocycles. The Kier molecular flexibility index (Phi) is 7.30. The summed E-state index contributed by atoms with van der Waals surface area (Å²) < 4.78 is 18.5. The number of carboxylic acids is 1. The van der Waals surface area contributed by atoms with Crippen LogP contribution in [0.4, 0.5) is 0 Å². The SMILES string of the molecule is COc1ccc(OCC(OCC2CC2)c2cccc(/C=C/c3nc4ccccc4s3)c2)c(C(=O)O)c1. The third-order valence-electron chi connectivity index (χ3n) is 6.05. The highest BCUT2D eigenvalue weighted by Crippen LogP contribution is 2.32. The molecule has 7 heteroatoms. The number of nitrogens with zero attached hydrogens (tertiary/aromatic N) is 1. The van der Waals surface area contributed by atoms with E-state index in [0.717, 1.165) is 26.4 Å². The Balaban J connectivity index is 1.34. The number of thiazole rings is 1. The summed E-state index contributed by atoms with van der Waals surface area (Å²) in [4.78, 5) is 16.4. The summed E-state index contributed by atoms with van der Waals surface area (Å²) in [6.45, 7) is 0.860. The van der Waals surface area contributed by atoms with Gasteiger partial charge in [-0.05, 0) is 72.4 Å². The maximum atomic E-state index is 11.7. The number of rotatable bonds is 11. The normalized spacial score (nSPS) is 14.2. The van der Waals surface area contributed by atoms with Gasteiger partial charge in [0.05, 0.1) is 23.9 Å². The van der Waals surface area contributed by atoms with E-state index in [9.17, 15) is 9.90 Å². The van der Waals surface area contributed by atoms with Gasteiger partial charge in [0.25, 0.3) is 0 Å². The van der Waals surface area contributed by atoms with E-state index < -0.39 is 5.97 Å². The molecule has 1 atom stereocenters. The van der Waals surface area contributed by atoms with Crippen LogP contribution in [0.5, 0.6) is 11.5 Å². The van der Waals surface area contributed by atoms with Crippen molar-refractivity contribution in [2.75, 3.05) is 20.3 Å². The first-order valence-electron chi connectivity index (χ1n) is 11.9. The molecule has 4 aromatic rings. The van der Waals surface area contributed by atoms with E-state index in [2.05, 4.69) is 17.1 Å². The number of fused-ring (bicyclic) bond motifs is 1. The molecule has 184 valence electrons. The van der Waals surface area contributed by atoms with Gasteiger partial charge in [-0.25, -0.2) is 9.78 Å². The minimum atomic E-state index is -1.07. The van der Waals surface area contributed by atoms with Crippen molar-refractivity contribution in [3.63, 3.8) is 0 Å². The monoisotopic (exact) mass is 501 g/mol. The van der Waals surface area contributed by atoms with E-state index in [1.807, 2.05) is 48.6 Å². The molecular weight excluding hydrogens is 474 g/mol. The fourth-order valence-electron chi connectivity index (χ4n) is 3.86. The van der Waals surface area contributed by atoms with Gasteiger partial charge in [0.1, 0.15) is 34.8 Å². The quantitative estimate of drug-likeness (QED) is 0.246. The van der Waals surface area contributed by atoms with Gasteiger partial charge in [0.2, 0.25) is 0 Å². The Morgan fingerprint density at radius 1 is 1.11 bits per heavy atom. The van der Waals surface area contributed by atoms with Crippen LogP contribution in [0, 0.1) is 5.92 Å². The average molecular weight is 502 g/mol. The molecule has 0 bridgehead atoms. The van der Waals surface area contributed by atoms with E-state index in [1.54, 1.807) is 23.5 Å². The number of benzene rings is 3. The van der Waals surface area contributed by atoms with Crippen LogP contribution in [-0.2, 0) is 4.74 Å². The molecule has 0 saturated heterocycles. The molecule has 1 N–H and O–H groups in total. The fraction of sp³-hybridized carbons (Fsp3) is 0.241. The summed E-state index contributed by atoms with van der Waals surface area (Å²) in [6, 6.07) is 21.0. The maximum absolute atomic E-state index is 11.7. The Morgan fingerprint density at radius 2 is 1.97 bits per heavy atom. The molecule has 1 aliphatic rings. The molecule has 0 aliphatic heterocycles. The minimum Gasteiger partial charge on any atom is -0.497 e. The van der Waals surface area contributed by atoms with Crippen molar-refractivity contribution in [3.8, 4) is 11.5 Å². The van der Waals surface area contributed by atoms with Crippen molar-refractivity contribution in [1.29, 1.82) is 0 Å². The van der Waals surface area contributed by atoms with Gasteiger partial charge in [0, 0.05) is 0 Å². The summed E-state index contributed by atoms with van der Waals surface area (Å²) in [6.07, 6.45) is 6.11. The first-order chi connectivity index (χ1) is 17.6. The van der Waals surface area contributed by atoms with E-state index in [0.29, 0.717) is 18.3 Å². The van der Waals surface area contributed by atoms with Crippen LogP contribution in [-0.4, -0.2) is 36.4 Å². The third-order valence-corrected chi connectivity index (χ3v) is 7.05. The summed E-state index contributed by atoms with van der Waals surface area (Å²) in [5, 5.41) is 10.6. The number of hydrogen-bond donors (Lipinski definition) is 1. The number of hydrogen-bond acceptors (Lipinski definition) is 6. The topological polar surface area (TPSA) is 77.9 Å². The number of aromatic nitrogens is 1.